The lowest BCUT2D eigenvalue weighted by Crippen LogP contribution is -1.91. The highest BCUT2D eigenvalue weighted by Crippen LogP contribution is 2.25. The van der Waals surface area contributed by atoms with Gasteiger partial charge in [-0.05, 0) is 46.6 Å². The largest absolute Gasteiger partial charge is 0.0628 e. The summed E-state index contributed by atoms with van der Waals surface area (Å²) in [5.74, 6) is 0.764. The molecule has 0 amide bonds. The van der Waals surface area contributed by atoms with Crippen molar-refractivity contribution in [3.8, 4) is 22.3 Å². The molecule has 0 aliphatic rings. The van der Waals surface area contributed by atoms with E-state index in [0.29, 0.717) is 0 Å². The fourth-order valence-electron chi connectivity index (χ4n) is 2.80. The molecule has 3 aromatic carbocycles. The summed E-state index contributed by atoms with van der Waals surface area (Å²) in [5, 5.41) is 0. The summed E-state index contributed by atoms with van der Waals surface area (Å²) in [6, 6.07) is 28.4. The molecule has 0 atom stereocenters. The van der Waals surface area contributed by atoms with Gasteiger partial charge in [0.1, 0.15) is 0 Å². The van der Waals surface area contributed by atoms with E-state index >= 15 is 0 Å². The molecule has 0 fully saturated rings. The van der Waals surface area contributed by atoms with Gasteiger partial charge in [0, 0.05) is 0 Å². The van der Waals surface area contributed by atoms with Crippen LogP contribution in [0.4, 0.5) is 0 Å². The van der Waals surface area contributed by atoms with Gasteiger partial charge in [-0.2, -0.15) is 0 Å². The van der Waals surface area contributed by atoms with Gasteiger partial charge < -0.3 is 0 Å². The van der Waals surface area contributed by atoms with Crippen molar-refractivity contribution in [2.24, 2.45) is 5.92 Å². The maximum atomic E-state index is 2.28. The first-order valence-electron chi connectivity index (χ1n) is 8.47. The predicted octanol–water partition coefficient (Wildman–Crippen LogP) is 6.61. The van der Waals surface area contributed by atoms with Crippen LogP contribution < -0.4 is 0 Å². The third-order valence-electron chi connectivity index (χ3n) is 4.29. The van der Waals surface area contributed by atoms with Gasteiger partial charge in [-0.15, -0.1) is 0 Å². The van der Waals surface area contributed by atoms with Crippen LogP contribution >= 0.6 is 0 Å². The van der Waals surface area contributed by atoms with Crippen molar-refractivity contribution in [2.45, 2.75) is 26.7 Å². The molecule has 0 heterocycles. The van der Waals surface area contributed by atoms with Gasteiger partial charge in [-0.25, -0.2) is 0 Å². The first-order valence-corrected chi connectivity index (χ1v) is 8.47. The molecule has 0 saturated carbocycles. The second kappa shape index (κ2) is 7.28. The lowest BCUT2D eigenvalue weighted by atomic mass is 9.98. The average Bonchev–Trinajstić information content (AvgIpc) is 2.61. The minimum absolute atomic E-state index is 0.764. The highest BCUT2D eigenvalue weighted by molar-refractivity contribution is 5.70. The first kappa shape index (κ1) is 15.6. The standard InChI is InChI=1S/C23H24/c1-18(2)8-9-19-10-12-21(13-11-19)23-16-14-22(15-17-23)20-6-4-3-5-7-20/h3-7,10-18H,8-9H2,1-2H3. The van der Waals surface area contributed by atoms with E-state index in [1.807, 2.05) is 0 Å². The van der Waals surface area contributed by atoms with Crippen molar-refractivity contribution >= 4 is 0 Å². The van der Waals surface area contributed by atoms with E-state index in [1.165, 1.54) is 40.7 Å². The van der Waals surface area contributed by atoms with Gasteiger partial charge in [0.15, 0.2) is 0 Å². The van der Waals surface area contributed by atoms with Crippen molar-refractivity contribution in [1.29, 1.82) is 0 Å². The lowest BCUT2D eigenvalue weighted by Gasteiger charge is -2.07. The van der Waals surface area contributed by atoms with E-state index < -0.39 is 0 Å². The Kier molecular flexibility index (Phi) is 4.92. The second-order valence-corrected chi connectivity index (χ2v) is 6.57. The van der Waals surface area contributed by atoms with Gasteiger partial charge in [0.25, 0.3) is 0 Å². The topological polar surface area (TPSA) is 0 Å². The molecule has 0 heteroatoms. The van der Waals surface area contributed by atoms with Crippen LogP contribution in [0.15, 0.2) is 78.9 Å². The summed E-state index contributed by atoms with van der Waals surface area (Å²) in [6.07, 6.45) is 2.43. The van der Waals surface area contributed by atoms with E-state index in [9.17, 15) is 0 Å². The smallest absolute Gasteiger partial charge is 0.0184 e. The maximum absolute atomic E-state index is 2.28. The Morgan fingerprint density at radius 3 is 1.48 bits per heavy atom. The molecule has 0 aromatic heterocycles. The van der Waals surface area contributed by atoms with Gasteiger partial charge in [-0.1, -0.05) is 92.7 Å². The summed E-state index contributed by atoms with van der Waals surface area (Å²) in [5.41, 5.74) is 6.53. The van der Waals surface area contributed by atoms with E-state index in [4.69, 9.17) is 0 Å². The normalized spacial score (nSPS) is 10.9. The third kappa shape index (κ3) is 4.10. The Labute approximate surface area is 139 Å². The molecule has 0 nitrogen and oxygen atoms in total. The molecule has 0 N–H and O–H groups in total. The lowest BCUT2D eigenvalue weighted by molar-refractivity contribution is 0.587. The molecule has 0 aliphatic heterocycles. The Morgan fingerprint density at radius 1 is 0.565 bits per heavy atom. The fourth-order valence-corrected chi connectivity index (χ4v) is 2.80. The second-order valence-electron chi connectivity index (χ2n) is 6.57. The first-order chi connectivity index (χ1) is 11.2. The quantitative estimate of drug-likeness (QED) is 0.497. The summed E-state index contributed by atoms with van der Waals surface area (Å²) in [6.45, 7) is 4.56. The highest BCUT2D eigenvalue weighted by atomic mass is 14.1. The molecule has 0 saturated heterocycles. The van der Waals surface area contributed by atoms with Gasteiger partial charge >= 0.3 is 0 Å². The molecule has 0 aliphatic carbocycles. The molecule has 0 bridgehead atoms. The molecule has 0 spiro atoms. The third-order valence-corrected chi connectivity index (χ3v) is 4.29. The van der Waals surface area contributed by atoms with Crippen molar-refractivity contribution < 1.29 is 0 Å². The number of benzene rings is 3. The molecule has 23 heavy (non-hydrogen) atoms. The predicted molar refractivity (Wildman–Crippen MR) is 100 cm³/mol. The van der Waals surface area contributed by atoms with Crippen LogP contribution in [0.3, 0.4) is 0 Å². The minimum atomic E-state index is 0.764. The zero-order chi connectivity index (χ0) is 16.1. The number of rotatable bonds is 5. The van der Waals surface area contributed by atoms with Crippen molar-refractivity contribution in [2.75, 3.05) is 0 Å². The zero-order valence-electron chi connectivity index (χ0n) is 14.0. The van der Waals surface area contributed by atoms with Crippen LogP contribution in [0.5, 0.6) is 0 Å². The Bertz CT molecular complexity index is 719. The van der Waals surface area contributed by atoms with E-state index in [0.717, 1.165) is 5.92 Å². The van der Waals surface area contributed by atoms with Crippen LogP contribution in [0, 0.1) is 5.92 Å². The molecule has 0 radical (unpaired) electrons. The van der Waals surface area contributed by atoms with Crippen LogP contribution in [0.1, 0.15) is 25.8 Å². The summed E-state index contributed by atoms with van der Waals surface area (Å²) in [4.78, 5) is 0. The summed E-state index contributed by atoms with van der Waals surface area (Å²) >= 11 is 0. The number of aryl methyl sites for hydroxylation is 1. The number of hydrogen-bond acceptors (Lipinski definition) is 0. The zero-order valence-corrected chi connectivity index (χ0v) is 14.0. The monoisotopic (exact) mass is 300 g/mol. The van der Waals surface area contributed by atoms with Crippen LogP contribution in [-0.2, 0) is 6.42 Å². The molecular formula is C23H24. The Balaban J connectivity index is 1.74. The minimum Gasteiger partial charge on any atom is -0.0628 e. The van der Waals surface area contributed by atoms with Crippen molar-refractivity contribution in [3.05, 3.63) is 84.4 Å². The van der Waals surface area contributed by atoms with E-state index in [1.54, 1.807) is 0 Å². The molecule has 0 unspecified atom stereocenters. The summed E-state index contributed by atoms with van der Waals surface area (Å²) < 4.78 is 0. The molecule has 116 valence electrons. The fraction of sp³-hybridized carbons (Fsp3) is 0.217. The van der Waals surface area contributed by atoms with Gasteiger partial charge in [0.2, 0.25) is 0 Å². The van der Waals surface area contributed by atoms with Gasteiger partial charge in [-0.3, -0.25) is 0 Å². The SMILES string of the molecule is CC(C)CCc1ccc(-c2ccc(-c3ccccc3)cc2)cc1. The molecule has 3 rings (SSSR count). The van der Waals surface area contributed by atoms with Crippen molar-refractivity contribution in [1.82, 2.24) is 0 Å². The maximum Gasteiger partial charge on any atom is -0.0184 e. The van der Waals surface area contributed by atoms with Crippen molar-refractivity contribution in [3.63, 3.8) is 0 Å². The highest BCUT2D eigenvalue weighted by Gasteiger charge is 2.01. The van der Waals surface area contributed by atoms with Gasteiger partial charge in [0.05, 0.1) is 0 Å². The molecule has 3 aromatic rings. The van der Waals surface area contributed by atoms with E-state index in [2.05, 4.69) is 92.7 Å². The Hall–Kier alpha value is -2.34. The molecular weight excluding hydrogens is 276 g/mol. The van der Waals surface area contributed by atoms with Crippen LogP contribution in [0.25, 0.3) is 22.3 Å². The van der Waals surface area contributed by atoms with E-state index in [-0.39, 0.29) is 0 Å². The average molecular weight is 300 g/mol. The van der Waals surface area contributed by atoms with Crippen LogP contribution in [0.2, 0.25) is 0 Å². The summed E-state index contributed by atoms with van der Waals surface area (Å²) in [7, 11) is 0. The number of hydrogen-bond donors (Lipinski definition) is 0. The Morgan fingerprint density at radius 2 is 1.00 bits per heavy atom. The van der Waals surface area contributed by atoms with Crippen LogP contribution in [-0.4, -0.2) is 0 Å².